The number of methoxy groups -OCH3 is 1. The lowest BCUT2D eigenvalue weighted by atomic mass is 10.2. The van der Waals surface area contributed by atoms with Gasteiger partial charge in [0.05, 0.1) is 35.6 Å². The number of rotatable bonds is 7. The number of carbonyl (C=O) groups is 1. The Kier molecular flexibility index (Phi) is 6.44. The third kappa shape index (κ3) is 4.82. The molecule has 10 heteroatoms. The summed E-state index contributed by atoms with van der Waals surface area (Å²) in [4.78, 5) is 18.7. The van der Waals surface area contributed by atoms with Crippen molar-refractivity contribution in [2.75, 3.05) is 7.11 Å². The Morgan fingerprint density at radius 2 is 2.03 bits per heavy atom. The number of nitrogens with zero attached hydrogens (tertiary/aromatic N) is 6. The second-order valence-corrected chi connectivity index (χ2v) is 11.0. The maximum absolute atomic E-state index is 13.1. The van der Waals surface area contributed by atoms with E-state index in [-0.39, 0.29) is 16.7 Å². The van der Waals surface area contributed by atoms with Crippen molar-refractivity contribution in [1.29, 1.82) is 0 Å². The first-order valence-corrected chi connectivity index (χ1v) is 12.0. The van der Waals surface area contributed by atoms with Crippen LogP contribution in [0.5, 0.6) is 5.75 Å². The van der Waals surface area contributed by atoms with Gasteiger partial charge in [0, 0.05) is 36.8 Å². The lowest BCUT2D eigenvalue weighted by molar-refractivity contribution is 0.0928. The van der Waals surface area contributed by atoms with E-state index in [2.05, 4.69) is 36.2 Å². The number of fused-ring (bicyclic) bond motifs is 1. The molecule has 0 radical (unpaired) electrons. The first kappa shape index (κ1) is 23.9. The quantitative estimate of drug-likeness (QED) is 0.395. The van der Waals surface area contributed by atoms with Crippen molar-refractivity contribution in [1.82, 2.24) is 34.3 Å². The van der Waals surface area contributed by atoms with Gasteiger partial charge in [-0.05, 0) is 26.0 Å². The SMILES string of the molecule is CCn1nc(-c2cnc3cc(OC)c(SC(C)(C)C)cn23)cc1C(=O)N[C@@H](C)c1ccn(C)n1. The van der Waals surface area contributed by atoms with Gasteiger partial charge in [0.25, 0.3) is 5.91 Å². The maximum atomic E-state index is 13.1. The van der Waals surface area contributed by atoms with Crippen molar-refractivity contribution >= 4 is 23.3 Å². The van der Waals surface area contributed by atoms with Crippen molar-refractivity contribution in [2.45, 2.75) is 56.8 Å². The molecule has 0 aliphatic heterocycles. The van der Waals surface area contributed by atoms with Gasteiger partial charge in [-0.1, -0.05) is 20.8 Å². The predicted molar refractivity (Wildman–Crippen MR) is 133 cm³/mol. The third-order valence-electron chi connectivity index (χ3n) is 5.31. The molecule has 0 unspecified atom stereocenters. The second kappa shape index (κ2) is 9.17. The summed E-state index contributed by atoms with van der Waals surface area (Å²) < 4.78 is 11.1. The monoisotopic (exact) mass is 481 g/mol. The molecular weight excluding hydrogens is 450 g/mol. The highest BCUT2D eigenvalue weighted by Crippen LogP contribution is 2.39. The summed E-state index contributed by atoms with van der Waals surface area (Å²) >= 11 is 1.73. The number of hydrogen-bond acceptors (Lipinski definition) is 6. The molecule has 1 N–H and O–H groups in total. The van der Waals surface area contributed by atoms with Crippen LogP contribution in [0.3, 0.4) is 0 Å². The minimum Gasteiger partial charge on any atom is -0.495 e. The van der Waals surface area contributed by atoms with Gasteiger partial charge in [0.1, 0.15) is 22.8 Å². The van der Waals surface area contributed by atoms with Crippen molar-refractivity contribution < 1.29 is 9.53 Å². The normalized spacial score (nSPS) is 12.8. The number of amides is 1. The third-order valence-corrected chi connectivity index (χ3v) is 6.45. The topological polar surface area (TPSA) is 91.3 Å². The molecule has 180 valence electrons. The van der Waals surface area contributed by atoms with Crippen LogP contribution in [0.2, 0.25) is 0 Å². The summed E-state index contributed by atoms with van der Waals surface area (Å²) in [6, 6.07) is 5.41. The number of carbonyl (C=O) groups excluding carboxylic acids is 1. The number of imidazole rings is 1. The van der Waals surface area contributed by atoms with E-state index in [0.717, 1.165) is 27.7 Å². The van der Waals surface area contributed by atoms with Gasteiger partial charge in [-0.15, -0.1) is 11.8 Å². The zero-order chi connectivity index (χ0) is 24.6. The van der Waals surface area contributed by atoms with Crippen LogP contribution in [0, 0.1) is 0 Å². The Bertz CT molecular complexity index is 1330. The van der Waals surface area contributed by atoms with Crippen molar-refractivity contribution in [3.05, 3.63) is 48.2 Å². The van der Waals surface area contributed by atoms with Gasteiger partial charge < -0.3 is 10.1 Å². The number of hydrogen-bond donors (Lipinski definition) is 1. The fourth-order valence-electron chi connectivity index (χ4n) is 3.72. The van der Waals surface area contributed by atoms with Crippen LogP contribution >= 0.6 is 11.8 Å². The van der Waals surface area contributed by atoms with E-state index in [9.17, 15) is 4.79 Å². The first-order chi connectivity index (χ1) is 16.1. The van der Waals surface area contributed by atoms with Gasteiger partial charge in [-0.2, -0.15) is 10.2 Å². The van der Waals surface area contributed by atoms with Crippen LogP contribution in [0.1, 0.15) is 56.8 Å². The number of thioether (sulfide) groups is 1. The average Bonchev–Trinajstić information content (AvgIpc) is 3.49. The molecule has 4 rings (SSSR count). The highest BCUT2D eigenvalue weighted by Gasteiger charge is 2.22. The molecule has 4 heterocycles. The van der Waals surface area contributed by atoms with Crippen LogP contribution in [0.4, 0.5) is 0 Å². The van der Waals surface area contributed by atoms with E-state index in [1.54, 1.807) is 34.4 Å². The lowest BCUT2D eigenvalue weighted by Crippen LogP contribution is -2.29. The molecule has 0 aliphatic rings. The molecule has 0 spiro atoms. The molecule has 1 amide bonds. The summed E-state index contributed by atoms with van der Waals surface area (Å²) in [7, 11) is 3.52. The molecule has 0 bridgehead atoms. The zero-order valence-corrected chi connectivity index (χ0v) is 21.5. The van der Waals surface area contributed by atoms with Crippen LogP contribution in [-0.4, -0.2) is 46.7 Å². The van der Waals surface area contributed by atoms with Crippen molar-refractivity contribution in [2.24, 2.45) is 7.05 Å². The summed E-state index contributed by atoms with van der Waals surface area (Å²) in [5.41, 5.74) is 3.55. The fraction of sp³-hybridized carbons (Fsp3) is 0.417. The van der Waals surface area contributed by atoms with Gasteiger partial charge >= 0.3 is 0 Å². The molecular formula is C24H31N7O2S. The Balaban J connectivity index is 1.69. The molecule has 9 nitrogen and oxygen atoms in total. The number of aryl methyl sites for hydroxylation is 2. The van der Waals surface area contributed by atoms with E-state index in [4.69, 9.17) is 9.84 Å². The Morgan fingerprint density at radius 1 is 1.26 bits per heavy atom. The summed E-state index contributed by atoms with van der Waals surface area (Å²) in [6.45, 7) is 10.9. The summed E-state index contributed by atoms with van der Waals surface area (Å²) in [5, 5.41) is 12.1. The lowest BCUT2D eigenvalue weighted by Gasteiger charge is -2.19. The molecule has 34 heavy (non-hydrogen) atoms. The first-order valence-electron chi connectivity index (χ1n) is 11.2. The van der Waals surface area contributed by atoms with Crippen LogP contribution in [0.25, 0.3) is 17.0 Å². The van der Waals surface area contributed by atoms with Crippen LogP contribution < -0.4 is 10.1 Å². The van der Waals surface area contributed by atoms with E-state index in [1.807, 2.05) is 55.9 Å². The molecule has 4 aromatic heterocycles. The predicted octanol–water partition coefficient (Wildman–Crippen LogP) is 4.34. The van der Waals surface area contributed by atoms with Crippen LogP contribution in [-0.2, 0) is 13.6 Å². The summed E-state index contributed by atoms with van der Waals surface area (Å²) in [6.07, 6.45) is 5.67. The van der Waals surface area contributed by atoms with E-state index < -0.39 is 0 Å². The average molecular weight is 482 g/mol. The highest BCUT2D eigenvalue weighted by molar-refractivity contribution is 8.00. The Hall–Kier alpha value is -3.27. The molecule has 0 saturated carbocycles. The summed E-state index contributed by atoms with van der Waals surface area (Å²) in [5.74, 6) is 0.588. The van der Waals surface area contributed by atoms with Gasteiger partial charge in [-0.3, -0.25) is 18.6 Å². The Labute approximate surface area is 203 Å². The number of pyridine rings is 1. The fourth-order valence-corrected chi connectivity index (χ4v) is 4.78. The zero-order valence-electron chi connectivity index (χ0n) is 20.7. The molecule has 0 fully saturated rings. The standard InChI is InChI=1S/C24H31N7O2S/c1-8-31-18(23(32)26-15(2)16-9-10-29(6)27-16)11-17(28-31)19-13-25-22-12-20(33-7)21(14-30(19)22)34-24(3,4)5/h9-15H,8H2,1-7H3,(H,26,32)/t15-/m0/s1. The maximum Gasteiger partial charge on any atom is 0.270 e. The molecule has 0 saturated heterocycles. The van der Waals surface area contributed by atoms with Crippen molar-refractivity contribution in [3.8, 4) is 17.1 Å². The largest absolute Gasteiger partial charge is 0.495 e. The van der Waals surface area contributed by atoms with E-state index in [1.165, 1.54) is 0 Å². The van der Waals surface area contributed by atoms with Gasteiger partial charge in [-0.25, -0.2) is 4.98 Å². The molecule has 0 aliphatic carbocycles. The number of ether oxygens (including phenoxy) is 1. The smallest absolute Gasteiger partial charge is 0.270 e. The highest BCUT2D eigenvalue weighted by atomic mass is 32.2. The van der Waals surface area contributed by atoms with E-state index >= 15 is 0 Å². The molecule has 4 aromatic rings. The van der Waals surface area contributed by atoms with E-state index in [0.29, 0.717) is 17.9 Å². The van der Waals surface area contributed by atoms with Gasteiger partial charge in [0.2, 0.25) is 0 Å². The second-order valence-electron chi connectivity index (χ2n) is 9.13. The van der Waals surface area contributed by atoms with Crippen LogP contribution in [0.15, 0.2) is 41.7 Å². The molecule has 0 aromatic carbocycles. The number of aromatic nitrogens is 6. The van der Waals surface area contributed by atoms with Gasteiger partial charge in [0.15, 0.2) is 0 Å². The minimum atomic E-state index is -0.224. The Morgan fingerprint density at radius 3 is 2.65 bits per heavy atom. The molecule has 1 atom stereocenters. The minimum absolute atomic E-state index is 0.0149. The number of nitrogens with one attached hydrogen (secondary N) is 1. The van der Waals surface area contributed by atoms with Crippen molar-refractivity contribution in [3.63, 3.8) is 0 Å².